The molecular weight excluding hydrogens is 210 g/mol. The first kappa shape index (κ1) is 12.0. The minimum atomic E-state index is -2.79. The highest BCUT2D eigenvalue weighted by molar-refractivity contribution is 5.27. The summed E-state index contributed by atoms with van der Waals surface area (Å²) in [6, 6.07) is 2.57. The predicted molar refractivity (Wildman–Crippen MR) is 48.8 cm³/mol. The van der Waals surface area contributed by atoms with Gasteiger partial charge in [0, 0.05) is 11.6 Å². The van der Waals surface area contributed by atoms with Crippen molar-refractivity contribution in [3.8, 4) is 0 Å². The highest BCUT2D eigenvalue weighted by Gasteiger charge is 2.37. The number of hydrogen-bond acceptors (Lipinski definition) is 1. The molecule has 1 unspecified atom stereocenters. The van der Waals surface area contributed by atoms with Crippen LogP contribution in [0.3, 0.4) is 0 Å². The molecule has 1 rings (SSSR count). The van der Waals surface area contributed by atoms with Gasteiger partial charge in [0.15, 0.2) is 0 Å². The Bertz CT molecular complexity index is 353. The minimum absolute atomic E-state index is 0.249. The van der Waals surface area contributed by atoms with Crippen molar-refractivity contribution < 1.29 is 17.6 Å². The highest BCUT2D eigenvalue weighted by Crippen LogP contribution is 2.29. The molecule has 0 heterocycles. The fourth-order valence-corrected chi connectivity index (χ4v) is 1.27. The molecule has 84 valence electrons. The van der Waals surface area contributed by atoms with E-state index >= 15 is 0 Å². The van der Waals surface area contributed by atoms with Crippen molar-refractivity contribution in [1.82, 2.24) is 5.32 Å². The molecule has 1 aromatic carbocycles. The number of alkyl halides is 2. The quantitative estimate of drug-likeness (QED) is 0.774. The number of rotatable bonds is 3. The van der Waals surface area contributed by atoms with Gasteiger partial charge in [0.2, 0.25) is 0 Å². The summed E-state index contributed by atoms with van der Waals surface area (Å²) in [4.78, 5) is 0. The number of benzene rings is 1. The van der Waals surface area contributed by atoms with Crippen LogP contribution in [0.25, 0.3) is 0 Å². The molecular formula is C10H11F4N. The van der Waals surface area contributed by atoms with Crippen molar-refractivity contribution in [2.24, 2.45) is 0 Å². The second kappa shape index (κ2) is 4.18. The van der Waals surface area contributed by atoms with E-state index in [4.69, 9.17) is 0 Å². The molecule has 0 radical (unpaired) electrons. The maximum atomic E-state index is 13.3. The van der Waals surface area contributed by atoms with E-state index in [1.165, 1.54) is 7.05 Å². The van der Waals surface area contributed by atoms with E-state index in [0.29, 0.717) is 6.07 Å². The van der Waals surface area contributed by atoms with Gasteiger partial charge < -0.3 is 5.32 Å². The number of halogens is 4. The fraction of sp³-hybridized carbons (Fsp3) is 0.400. The average molecular weight is 221 g/mol. The summed E-state index contributed by atoms with van der Waals surface area (Å²) in [5, 5.41) is 2.34. The molecule has 5 heteroatoms. The molecule has 1 aromatic rings. The number of hydrogen-bond donors (Lipinski definition) is 1. The maximum absolute atomic E-state index is 13.3. The molecule has 0 amide bonds. The molecule has 0 fully saturated rings. The van der Waals surface area contributed by atoms with Gasteiger partial charge in [-0.1, -0.05) is 6.07 Å². The second-order valence-electron chi connectivity index (χ2n) is 3.38. The molecule has 0 saturated heterocycles. The first-order valence-corrected chi connectivity index (χ1v) is 4.34. The standard InChI is InChI=1S/C10H11F4N/c1-10(15-2,9(13)14)7-4-3-6(11)5-8(7)12/h3-5,9,15H,1-2H3. The molecule has 0 saturated carbocycles. The summed E-state index contributed by atoms with van der Waals surface area (Å²) >= 11 is 0. The second-order valence-corrected chi connectivity index (χ2v) is 3.38. The molecule has 0 aliphatic rings. The Morgan fingerprint density at radius 1 is 1.27 bits per heavy atom. The fourth-order valence-electron chi connectivity index (χ4n) is 1.27. The van der Waals surface area contributed by atoms with Gasteiger partial charge in [-0.15, -0.1) is 0 Å². The van der Waals surface area contributed by atoms with E-state index in [1.54, 1.807) is 0 Å². The van der Waals surface area contributed by atoms with Gasteiger partial charge in [-0.25, -0.2) is 17.6 Å². The van der Waals surface area contributed by atoms with Crippen LogP contribution in [0.5, 0.6) is 0 Å². The van der Waals surface area contributed by atoms with Gasteiger partial charge in [-0.2, -0.15) is 0 Å². The zero-order valence-electron chi connectivity index (χ0n) is 8.32. The zero-order valence-corrected chi connectivity index (χ0v) is 8.32. The van der Waals surface area contributed by atoms with Gasteiger partial charge >= 0.3 is 0 Å². The SMILES string of the molecule is CNC(C)(c1ccc(F)cc1F)C(F)F. The van der Waals surface area contributed by atoms with Gasteiger partial charge in [0.1, 0.15) is 17.2 Å². The summed E-state index contributed by atoms with van der Waals surface area (Å²) in [7, 11) is 1.30. The molecule has 0 aliphatic heterocycles. The Kier molecular flexibility index (Phi) is 3.34. The van der Waals surface area contributed by atoms with Crippen LogP contribution in [0.2, 0.25) is 0 Å². The van der Waals surface area contributed by atoms with E-state index in [1.807, 2.05) is 0 Å². The predicted octanol–water partition coefficient (Wildman–Crippen LogP) is 2.66. The molecule has 0 aliphatic carbocycles. The lowest BCUT2D eigenvalue weighted by Gasteiger charge is -2.29. The van der Waals surface area contributed by atoms with Crippen LogP contribution in [0.15, 0.2) is 18.2 Å². The Hall–Kier alpha value is -1.10. The first-order valence-electron chi connectivity index (χ1n) is 4.34. The summed E-state index contributed by atoms with van der Waals surface area (Å²) in [6.07, 6.45) is -2.79. The third-order valence-corrected chi connectivity index (χ3v) is 2.45. The average Bonchev–Trinajstić information content (AvgIpc) is 2.16. The zero-order chi connectivity index (χ0) is 11.6. The maximum Gasteiger partial charge on any atom is 0.260 e. The van der Waals surface area contributed by atoms with Crippen molar-refractivity contribution in [1.29, 1.82) is 0 Å². The molecule has 1 atom stereocenters. The first-order chi connectivity index (χ1) is 6.91. The molecule has 15 heavy (non-hydrogen) atoms. The third kappa shape index (κ3) is 2.12. The van der Waals surface area contributed by atoms with Crippen molar-refractivity contribution in [2.75, 3.05) is 7.05 Å². The summed E-state index contributed by atoms with van der Waals surface area (Å²) in [5.74, 6) is -1.77. The van der Waals surface area contributed by atoms with Crippen LogP contribution in [0, 0.1) is 11.6 Å². The largest absolute Gasteiger partial charge is 0.306 e. The van der Waals surface area contributed by atoms with E-state index in [-0.39, 0.29) is 5.56 Å². The van der Waals surface area contributed by atoms with Crippen LogP contribution in [0.4, 0.5) is 17.6 Å². The van der Waals surface area contributed by atoms with Gasteiger partial charge in [0.25, 0.3) is 6.43 Å². The Balaban J connectivity index is 3.24. The molecule has 1 nitrogen and oxygen atoms in total. The van der Waals surface area contributed by atoms with E-state index < -0.39 is 23.6 Å². The number of nitrogens with one attached hydrogen (secondary N) is 1. The Labute approximate surface area is 85.1 Å². The monoisotopic (exact) mass is 221 g/mol. The summed E-state index contributed by atoms with van der Waals surface area (Å²) < 4.78 is 51.3. The van der Waals surface area contributed by atoms with Gasteiger partial charge in [0.05, 0.1) is 0 Å². The topological polar surface area (TPSA) is 12.0 Å². The van der Waals surface area contributed by atoms with Crippen molar-refractivity contribution in [2.45, 2.75) is 18.9 Å². The molecule has 0 spiro atoms. The molecule has 1 N–H and O–H groups in total. The third-order valence-electron chi connectivity index (χ3n) is 2.45. The smallest absolute Gasteiger partial charge is 0.260 e. The van der Waals surface area contributed by atoms with Crippen molar-refractivity contribution in [3.05, 3.63) is 35.4 Å². The normalized spacial score (nSPS) is 15.4. The minimum Gasteiger partial charge on any atom is -0.306 e. The van der Waals surface area contributed by atoms with Crippen molar-refractivity contribution >= 4 is 0 Å². The van der Waals surface area contributed by atoms with Crippen LogP contribution in [-0.4, -0.2) is 13.5 Å². The Morgan fingerprint density at radius 2 is 1.87 bits per heavy atom. The lowest BCUT2D eigenvalue weighted by Crippen LogP contribution is -2.44. The Morgan fingerprint density at radius 3 is 2.27 bits per heavy atom. The van der Waals surface area contributed by atoms with Gasteiger partial charge in [-0.05, 0) is 20.0 Å². The van der Waals surface area contributed by atoms with Gasteiger partial charge in [-0.3, -0.25) is 0 Å². The molecule has 0 bridgehead atoms. The summed E-state index contributed by atoms with van der Waals surface area (Å²) in [5.41, 5.74) is -2.06. The van der Waals surface area contributed by atoms with Crippen molar-refractivity contribution in [3.63, 3.8) is 0 Å². The van der Waals surface area contributed by atoms with E-state index in [2.05, 4.69) is 5.32 Å². The summed E-state index contributed by atoms with van der Waals surface area (Å²) in [6.45, 7) is 1.16. The lowest BCUT2D eigenvalue weighted by molar-refractivity contribution is 0.0410. The van der Waals surface area contributed by atoms with Crippen LogP contribution >= 0.6 is 0 Å². The lowest BCUT2D eigenvalue weighted by atomic mass is 9.92. The molecule has 0 aromatic heterocycles. The van der Waals surface area contributed by atoms with E-state index in [0.717, 1.165) is 19.1 Å². The van der Waals surface area contributed by atoms with Crippen LogP contribution in [-0.2, 0) is 5.54 Å². The van der Waals surface area contributed by atoms with Crippen LogP contribution in [0.1, 0.15) is 12.5 Å². The van der Waals surface area contributed by atoms with E-state index in [9.17, 15) is 17.6 Å². The van der Waals surface area contributed by atoms with Crippen LogP contribution < -0.4 is 5.32 Å². The highest BCUT2D eigenvalue weighted by atomic mass is 19.3.